The van der Waals surface area contributed by atoms with Crippen LogP contribution >= 0.6 is 0 Å². The van der Waals surface area contributed by atoms with E-state index >= 15 is 0 Å². The minimum Gasteiger partial charge on any atom is -0.439 e. The number of nitrogens with two attached hydrogens (primary N) is 1. The third-order valence-corrected chi connectivity index (χ3v) is 4.34. The first-order valence-corrected chi connectivity index (χ1v) is 9.34. The van der Waals surface area contributed by atoms with Gasteiger partial charge < -0.3 is 15.8 Å². The number of rotatable bonds is 10. The fourth-order valence-corrected chi connectivity index (χ4v) is 2.82. The number of pyridine rings is 1. The van der Waals surface area contributed by atoms with Crippen molar-refractivity contribution in [3.63, 3.8) is 0 Å². The lowest BCUT2D eigenvalue weighted by atomic mass is 9.97. The maximum atomic E-state index is 11.1. The van der Waals surface area contributed by atoms with Gasteiger partial charge in [-0.2, -0.15) is 0 Å². The Morgan fingerprint density at radius 2 is 2.15 bits per heavy atom. The van der Waals surface area contributed by atoms with Crippen LogP contribution in [0.5, 0.6) is 11.6 Å². The van der Waals surface area contributed by atoms with Gasteiger partial charge in [-0.05, 0) is 75.0 Å². The Hall–Kier alpha value is -2.66. The van der Waals surface area contributed by atoms with E-state index in [4.69, 9.17) is 10.5 Å². The van der Waals surface area contributed by atoms with E-state index in [1.54, 1.807) is 12.1 Å². The van der Waals surface area contributed by atoms with E-state index < -0.39 is 5.91 Å². The molecule has 1 aromatic heterocycles. The van der Waals surface area contributed by atoms with Crippen molar-refractivity contribution in [2.45, 2.75) is 33.6 Å². The molecule has 144 valence electrons. The molecule has 5 heteroatoms. The number of aryl methyl sites for hydroxylation is 1. The number of nitrogens with zero attached hydrogens (tertiary/aromatic N) is 1. The zero-order valence-electron chi connectivity index (χ0n) is 16.4. The van der Waals surface area contributed by atoms with Crippen molar-refractivity contribution in [3.05, 3.63) is 65.4 Å². The predicted molar refractivity (Wildman–Crippen MR) is 109 cm³/mol. The third-order valence-electron chi connectivity index (χ3n) is 4.34. The number of hydrogen-bond acceptors (Lipinski definition) is 4. The van der Waals surface area contributed by atoms with Crippen LogP contribution in [0.3, 0.4) is 0 Å². The lowest BCUT2D eigenvalue weighted by Crippen LogP contribution is -2.23. The SMILES string of the molecule is C/C=C/CCNCC(C)Cc1ccc(Oc2ccc(C(N)=O)cn2)cc1C. The normalized spacial score (nSPS) is 12.3. The lowest BCUT2D eigenvalue weighted by Gasteiger charge is -2.15. The van der Waals surface area contributed by atoms with E-state index in [-0.39, 0.29) is 0 Å². The van der Waals surface area contributed by atoms with Crippen LogP contribution in [0.4, 0.5) is 0 Å². The Bertz CT molecular complexity index is 770. The zero-order chi connectivity index (χ0) is 19.6. The number of amides is 1. The van der Waals surface area contributed by atoms with Crippen LogP contribution in [0.15, 0.2) is 48.7 Å². The summed E-state index contributed by atoms with van der Waals surface area (Å²) in [6.07, 6.45) is 7.78. The molecule has 0 aliphatic heterocycles. The highest BCUT2D eigenvalue weighted by Crippen LogP contribution is 2.24. The molecule has 1 heterocycles. The molecule has 0 bridgehead atoms. The average Bonchev–Trinajstić information content (AvgIpc) is 2.64. The largest absolute Gasteiger partial charge is 0.439 e. The fraction of sp³-hybridized carbons (Fsp3) is 0.364. The Balaban J connectivity index is 1.89. The van der Waals surface area contributed by atoms with Crippen LogP contribution in [-0.2, 0) is 6.42 Å². The van der Waals surface area contributed by atoms with Crippen LogP contribution < -0.4 is 15.8 Å². The van der Waals surface area contributed by atoms with Crippen LogP contribution in [0.2, 0.25) is 0 Å². The van der Waals surface area contributed by atoms with Gasteiger partial charge in [0.05, 0.1) is 5.56 Å². The maximum absolute atomic E-state index is 11.1. The summed E-state index contributed by atoms with van der Waals surface area (Å²) in [4.78, 5) is 15.2. The van der Waals surface area contributed by atoms with Crippen molar-refractivity contribution in [2.75, 3.05) is 13.1 Å². The van der Waals surface area contributed by atoms with Gasteiger partial charge in [0.25, 0.3) is 0 Å². The van der Waals surface area contributed by atoms with E-state index in [1.165, 1.54) is 17.3 Å². The fourth-order valence-electron chi connectivity index (χ4n) is 2.82. The summed E-state index contributed by atoms with van der Waals surface area (Å²) in [6.45, 7) is 8.42. The van der Waals surface area contributed by atoms with E-state index in [0.29, 0.717) is 17.4 Å². The smallest absolute Gasteiger partial charge is 0.250 e. The Labute approximate surface area is 161 Å². The molecule has 0 aliphatic carbocycles. The van der Waals surface area contributed by atoms with Gasteiger partial charge in [0.2, 0.25) is 11.8 Å². The highest BCUT2D eigenvalue weighted by Gasteiger charge is 2.08. The standard InChI is InChI=1S/C22H29N3O2/c1-4-5-6-11-24-14-16(2)12-18-7-9-20(13-17(18)3)27-21-10-8-19(15-25-21)22(23)26/h4-5,7-10,13,15-16,24H,6,11-12,14H2,1-3H3,(H2,23,26)/b5-4+. The molecule has 0 saturated carbocycles. The van der Waals surface area contributed by atoms with Crippen molar-refractivity contribution in [2.24, 2.45) is 11.7 Å². The summed E-state index contributed by atoms with van der Waals surface area (Å²) in [5.74, 6) is 1.22. The van der Waals surface area contributed by atoms with Crippen LogP contribution in [0, 0.1) is 12.8 Å². The first-order chi connectivity index (χ1) is 13.0. The quantitative estimate of drug-likeness (QED) is 0.491. The van der Waals surface area contributed by atoms with Crippen LogP contribution in [0.1, 0.15) is 41.8 Å². The third kappa shape index (κ3) is 6.87. The van der Waals surface area contributed by atoms with Gasteiger partial charge in [-0.25, -0.2) is 4.98 Å². The topological polar surface area (TPSA) is 77.2 Å². The molecule has 2 rings (SSSR count). The van der Waals surface area contributed by atoms with Gasteiger partial charge >= 0.3 is 0 Å². The number of carbonyl (C=O) groups excluding carboxylic acids is 1. The van der Waals surface area contributed by atoms with Gasteiger partial charge in [0.1, 0.15) is 5.75 Å². The first kappa shape index (κ1) is 20.6. The van der Waals surface area contributed by atoms with Crippen LogP contribution in [0.25, 0.3) is 0 Å². The molecule has 0 radical (unpaired) electrons. The second-order valence-corrected chi connectivity index (χ2v) is 6.81. The molecule has 27 heavy (non-hydrogen) atoms. The molecule has 0 fully saturated rings. The summed E-state index contributed by atoms with van der Waals surface area (Å²) < 4.78 is 5.77. The second-order valence-electron chi connectivity index (χ2n) is 6.81. The Kier molecular flexibility index (Phi) is 8.01. The Morgan fingerprint density at radius 3 is 2.78 bits per heavy atom. The number of ether oxygens (including phenoxy) is 1. The maximum Gasteiger partial charge on any atom is 0.250 e. The minimum atomic E-state index is -0.500. The van der Waals surface area contributed by atoms with Gasteiger partial charge in [-0.3, -0.25) is 4.79 Å². The van der Waals surface area contributed by atoms with Gasteiger partial charge in [-0.15, -0.1) is 0 Å². The van der Waals surface area contributed by atoms with E-state index in [0.717, 1.165) is 31.7 Å². The van der Waals surface area contributed by atoms with Crippen molar-refractivity contribution < 1.29 is 9.53 Å². The molecule has 1 atom stereocenters. The lowest BCUT2D eigenvalue weighted by molar-refractivity contribution is 0.1000. The number of nitrogens with one attached hydrogen (secondary N) is 1. The van der Waals surface area contributed by atoms with Crippen LogP contribution in [-0.4, -0.2) is 24.0 Å². The molecule has 0 saturated heterocycles. The number of benzene rings is 1. The Morgan fingerprint density at radius 1 is 1.33 bits per heavy atom. The van der Waals surface area contributed by atoms with Crippen molar-refractivity contribution in [1.29, 1.82) is 0 Å². The molecule has 0 spiro atoms. The van der Waals surface area contributed by atoms with E-state index in [2.05, 4.69) is 42.4 Å². The number of aromatic nitrogens is 1. The van der Waals surface area contributed by atoms with E-state index in [9.17, 15) is 4.79 Å². The first-order valence-electron chi connectivity index (χ1n) is 9.34. The highest BCUT2D eigenvalue weighted by atomic mass is 16.5. The number of primary amides is 1. The molecule has 1 amide bonds. The van der Waals surface area contributed by atoms with Gasteiger partial charge in [0, 0.05) is 12.3 Å². The average molecular weight is 367 g/mol. The number of allylic oxidation sites excluding steroid dienone is 1. The number of hydrogen-bond donors (Lipinski definition) is 2. The van der Waals surface area contributed by atoms with Crippen molar-refractivity contribution in [1.82, 2.24) is 10.3 Å². The molecule has 1 aromatic carbocycles. The van der Waals surface area contributed by atoms with Gasteiger partial charge in [-0.1, -0.05) is 25.1 Å². The van der Waals surface area contributed by atoms with Gasteiger partial charge in [0.15, 0.2) is 0 Å². The monoisotopic (exact) mass is 367 g/mol. The summed E-state index contributed by atoms with van der Waals surface area (Å²) in [7, 11) is 0. The predicted octanol–water partition coefficient (Wildman–Crippen LogP) is 4.02. The summed E-state index contributed by atoms with van der Waals surface area (Å²) in [5, 5.41) is 3.50. The summed E-state index contributed by atoms with van der Waals surface area (Å²) in [5.41, 5.74) is 8.10. The van der Waals surface area contributed by atoms with Crippen molar-refractivity contribution >= 4 is 5.91 Å². The zero-order valence-corrected chi connectivity index (χ0v) is 16.4. The summed E-state index contributed by atoms with van der Waals surface area (Å²) >= 11 is 0. The molecular weight excluding hydrogens is 338 g/mol. The minimum absolute atomic E-state index is 0.363. The molecular formula is C22H29N3O2. The van der Waals surface area contributed by atoms with E-state index in [1.807, 2.05) is 19.1 Å². The van der Waals surface area contributed by atoms with Crippen molar-refractivity contribution in [3.8, 4) is 11.6 Å². The molecule has 0 aliphatic rings. The highest BCUT2D eigenvalue weighted by molar-refractivity contribution is 5.92. The molecule has 3 N–H and O–H groups in total. The molecule has 2 aromatic rings. The summed E-state index contributed by atoms with van der Waals surface area (Å²) in [6, 6.07) is 9.34. The number of carbonyl (C=O) groups is 1. The second kappa shape index (κ2) is 10.5. The molecule has 1 unspecified atom stereocenters. The molecule has 5 nitrogen and oxygen atoms in total.